The molecule has 1 unspecified atom stereocenters. The number of alkyl halides is 3. The van der Waals surface area contributed by atoms with Crippen molar-refractivity contribution in [1.29, 1.82) is 0 Å². The van der Waals surface area contributed by atoms with Gasteiger partial charge < -0.3 is 30.4 Å². The van der Waals surface area contributed by atoms with Crippen LogP contribution in [0.25, 0.3) is 22.1 Å². The molecule has 3 aromatic heterocycles. The summed E-state index contributed by atoms with van der Waals surface area (Å²) >= 11 is 0. The van der Waals surface area contributed by atoms with Crippen LogP contribution in [-0.2, 0) is 12.6 Å². The largest absolute Gasteiger partial charge is 0.416 e. The van der Waals surface area contributed by atoms with E-state index in [0.29, 0.717) is 53.7 Å². The van der Waals surface area contributed by atoms with E-state index >= 15 is 0 Å². The molecule has 0 saturated heterocycles. The van der Waals surface area contributed by atoms with E-state index < -0.39 is 23.9 Å². The number of nitrogens with zero attached hydrogens (tertiary/aromatic N) is 5. The number of nitrogens with one attached hydrogen (secondary N) is 1. The number of benzene rings is 1. The standard InChI is InChI=1S/C27H32F3N7O2/c1-36(12-16-9-21(24(39)23(16)38)37-5-4-18-25(31)32-13-33-26(18)37)11-15-6-14(7-15)8-22-34-19-3-2-17(27(28,29)30)10-20(19)35-22/h2-5,10,13-16,21,23-24,38-39H,6-9,11-12H2,1H3,(H,34,35)(H2,31,32,33)/t14?,15?,16-,21-,23?,24+/m1/s1. The molecular weight excluding hydrogens is 511 g/mol. The molecule has 2 aliphatic carbocycles. The van der Waals surface area contributed by atoms with Gasteiger partial charge >= 0.3 is 6.18 Å². The lowest BCUT2D eigenvalue weighted by Gasteiger charge is -2.38. The predicted molar refractivity (Wildman–Crippen MR) is 140 cm³/mol. The number of anilines is 1. The summed E-state index contributed by atoms with van der Waals surface area (Å²) in [5.74, 6) is 1.97. The molecule has 0 radical (unpaired) electrons. The molecule has 4 aromatic rings. The fourth-order valence-corrected chi connectivity index (χ4v) is 6.53. The number of aromatic amines is 1. The third kappa shape index (κ3) is 4.96. The molecule has 208 valence electrons. The minimum Gasteiger partial charge on any atom is -0.390 e. The third-order valence-corrected chi connectivity index (χ3v) is 8.46. The number of aliphatic hydroxyl groups is 2. The maximum absolute atomic E-state index is 13.0. The highest BCUT2D eigenvalue weighted by atomic mass is 19.4. The van der Waals surface area contributed by atoms with Crippen molar-refractivity contribution >= 4 is 27.9 Å². The number of imidazole rings is 1. The molecule has 0 bridgehead atoms. The number of nitrogens with two attached hydrogens (primary N) is 1. The van der Waals surface area contributed by atoms with Crippen molar-refractivity contribution < 1.29 is 23.4 Å². The van der Waals surface area contributed by atoms with E-state index in [9.17, 15) is 23.4 Å². The second kappa shape index (κ2) is 9.76. The molecular formula is C27H32F3N7O2. The molecule has 1 aromatic carbocycles. The predicted octanol–water partition coefficient (Wildman–Crippen LogP) is 3.39. The van der Waals surface area contributed by atoms with Crippen molar-refractivity contribution in [1.82, 2.24) is 29.4 Å². The summed E-state index contributed by atoms with van der Waals surface area (Å²) in [7, 11) is 2.04. The van der Waals surface area contributed by atoms with E-state index in [0.717, 1.165) is 42.7 Å². The Kier molecular flexibility index (Phi) is 6.51. The minimum absolute atomic E-state index is 0.0837. The quantitative estimate of drug-likeness (QED) is 0.281. The van der Waals surface area contributed by atoms with Gasteiger partial charge in [0.1, 0.15) is 29.7 Å². The molecule has 4 atom stereocenters. The molecule has 0 amide bonds. The first-order chi connectivity index (χ1) is 18.6. The number of halogens is 3. The van der Waals surface area contributed by atoms with Crippen LogP contribution in [0.4, 0.5) is 19.0 Å². The molecule has 3 heterocycles. The van der Waals surface area contributed by atoms with Crippen LogP contribution < -0.4 is 5.73 Å². The van der Waals surface area contributed by atoms with Crippen LogP contribution in [0.15, 0.2) is 36.8 Å². The van der Waals surface area contributed by atoms with Gasteiger partial charge in [0.2, 0.25) is 0 Å². The Morgan fingerprint density at radius 1 is 1.08 bits per heavy atom. The van der Waals surface area contributed by atoms with Gasteiger partial charge in [-0.3, -0.25) is 0 Å². The molecule has 9 nitrogen and oxygen atoms in total. The van der Waals surface area contributed by atoms with Gasteiger partial charge in [-0.05, 0) is 62.4 Å². The summed E-state index contributed by atoms with van der Waals surface area (Å²) in [6, 6.07) is 5.13. The second-order valence-corrected chi connectivity index (χ2v) is 11.3. The normalized spacial score (nSPS) is 27.6. The van der Waals surface area contributed by atoms with Gasteiger partial charge in [0.05, 0.1) is 34.1 Å². The lowest BCUT2D eigenvalue weighted by Crippen LogP contribution is -2.39. The van der Waals surface area contributed by atoms with Crippen LogP contribution in [0, 0.1) is 17.8 Å². The Balaban J connectivity index is 1.01. The van der Waals surface area contributed by atoms with Crippen molar-refractivity contribution in [2.75, 3.05) is 25.9 Å². The maximum atomic E-state index is 13.0. The second-order valence-electron chi connectivity index (χ2n) is 11.3. The maximum Gasteiger partial charge on any atom is 0.416 e. The van der Waals surface area contributed by atoms with Crippen molar-refractivity contribution in [2.45, 2.75) is 50.1 Å². The Bertz CT molecular complexity index is 1480. The number of aliphatic hydroxyl groups excluding tert-OH is 2. The molecule has 5 N–H and O–H groups in total. The van der Waals surface area contributed by atoms with Crippen LogP contribution in [0.3, 0.4) is 0 Å². The van der Waals surface area contributed by atoms with Gasteiger partial charge in [-0.2, -0.15) is 13.2 Å². The van der Waals surface area contributed by atoms with E-state index in [2.05, 4.69) is 24.8 Å². The van der Waals surface area contributed by atoms with Crippen LogP contribution >= 0.6 is 0 Å². The van der Waals surface area contributed by atoms with Crippen molar-refractivity contribution in [3.05, 3.63) is 48.2 Å². The fraction of sp³-hybridized carbons (Fsp3) is 0.519. The minimum atomic E-state index is -4.37. The summed E-state index contributed by atoms with van der Waals surface area (Å²) < 4.78 is 40.9. The lowest BCUT2D eigenvalue weighted by molar-refractivity contribution is -0.137. The Labute approximate surface area is 222 Å². The molecule has 0 spiro atoms. The van der Waals surface area contributed by atoms with Gasteiger partial charge in [-0.25, -0.2) is 15.0 Å². The molecule has 2 fully saturated rings. The molecule has 6 rings (SSSR count). The van der Waals surface area contributed by atoms with Crippen molar-refractivity contribution in [3.8, 4) is 0 Å². The van der Waals surface area contributed by atoms with Crippen LogP contribution in [-0.4, -0.2) is 72.0 Å². The lowest BCUT2D eigenvalue weighted by atomic mass is 9.73. The van der Waals surface area contributed by atoms with E-state index in [1.54, 1.807) is 0 Å². The van der Waals surface area contributed by atoms with E-state index in [4.69, 9.17) is 5.73 Å². The molecule has 2 saturated carbocycles. The topological polar surface area (TPSA) is 129 Å². The van der Waals surface area contributed by atoms with Crippen molar-refractivity contribution in [3.63, 3.8) is 0 Å². The Morgan fingerprint density at radius 2 is 1.87 bits per heavy atom. The highest BCUT2D eigenvalue weighted by Crippen LogP contribution is 2.40. The van der Waals surface area contributed by atoms with Gasteiger partial charge in [-0.1, -0.05) is 0 Å². The van der Waals surface area contributed by atoms with Gasteiger partial charge in [0.15, 0.2) is 0 Å². The first kappa shape index (κ1) is 26.0. The van der Waals surface area contributed by atoms with Crippen LogP contribution in [0.1, 0.15) is 36.7 Å². The summed E-state index contributed by atoms with van der Waals surface area (Å²) in [5.41, 5.74) is 6.89. The summed E-state index contributed by atoms with van der Waals surface area (Å²) in [4.78, 5) is 18.1. The molecule has 12 heteroatoms. The van der Waals surface area contributed by atoms with E-state index in [1.165, 1.54) is 12.4 Å². The number of aromatic nitrogens is 5. The average molecular weight is 544 g/mol. The summed E-state index contributed by atoms with van der Waals surface area (Å²) in [5, 5.41) is 22.4. The number of rotatable bonds is 7. The zero-order chi connectivity index (χ0) is 27.5. The summed E-state index contributed by atoms with van der Waals surface area (Å²) in [6.07, 6.45) is 0.498. The highest BCUT2D eigenvalue weighted by molar-refractivity contribution is 5.86. The number of H-pyrrole nitrogens is 1. The SMILES string of the molecule is CN(CC1CC(Cc2nc3ccc(C(F)(F)F)cc3[nH]2)C1)C[C@H]1C[C@@H](n2ccc3c(N)ncnc32)[C@H](O)C1O. The van der Waals surface area contributed by atoms with Crippen molar-refractivity contribution in [2.24, 2.45) is 17.8 Å². The molecule has 2 aliphatic rings. The van der Waals surface area contributed by atoms with Crippen LogP contribution in [0.5, 0.6) is 0 Å². The highest BCUT2D eigenvalue weighted by Gasteiger charge is 2.43. The van der Waals surface area contributed by atoms with Gasteiger partial charge in [-0.15, -0.1) is 0 Å². The monoisotopic (exact) mass is 543 g/mol. The summed E-state index contributed by atoms with van der Waals surface area (Å²) in [6.45, 7) is 1.54. The number of hydrogen-bond donors (Lipinski definition) is 4. The van der Waals surface area contributed by atoms with E-state index in [-0.39, 0.29) is 12.0 Å². The number of nitrogen functional groups attached to an aromatic ring is 1. The zero-order valence-corrected chi connectivity index (χ0v) is 21.5. The number of hydrogen-bond acceptors (Lipinski definition) is 7. The van der Waals surface area contributed by atoms with E-state index in [1.807, 2.05) is 23.9 Å². The average Bonchev–Trinajstić information content (AvgIpc) is 3.54. The van der Waals surface area contributed by atoms with Crippen LogP contribution in [0.2, 0.25) is 0 Å². The van der Waals surface area contributed by atoms with Gasteiger partial charge in [0, 0.05) is 31.6 Å². The first-order valence-electron chi connectivity index (χ1n) is 13.2. The molecule has 0 aliphatic heterocycles. The zero-order valence-electron chi connectivity index (χ0n) is 21.5. The number of fused-ring (bicyclic) bond motifs is 2. The smallest absolute Gasteiger partial charge is 0.390 e. The van der Waals surface area contributed by atoms with Gasteiger partial charge in [0.25, 0.3) is 0 Å². The Hall–Kier alpha value is -3.22. The first-order valence-corrected chi connectivity index (χ1v) is 13.2. The third-order valence-electron chi connectivity index (χ3n) is 8.46. The Morgan fingerprint density at radius 3 is 2.64 bits per heavy atom. The fourth-order valence-electron chi connectivity index (χ4n) is 6.53. The molecule has 39 heavy (non-hydrogen) atoms.